The Morgan fingerprint density at radius 1 is 1.02 bits per heavy atom. The Bertz CT molecular complexity index is 1810. The van der Waals surface area contributed by atoms with Crippen molar-refractivity contribution in [3.63, 3.8) is 0 Å². The van der Waals surface area contributed by atoms with Crippen LogP contribution in [0.15, 0.2) is 48.8 Å². The van der Waals surface area contributed by atoms with Crippen LogP contribution in [0.3, 0.4) is 0 Å². The molecule has 0 spiro atoms. The van der Waals surface area contributed by atoms with Crippen molar-refractivity contribution in [1.82, 2.24) is 19.7 Å². The van der Waals surface area contributed by atoms with Gasteiger partial charge in [0.2, 0.25) is 5.60 Å². The van der Waals surface area contributed by atoms with Crippen LogP contribution in [0.2, 0.25) is 0 Å². The molecule has 52 heavy (non-hydrogen) atoms. The summed E-state index contributed by atoms with van der Waals surface area (Å²) in [6.07, 6.45) is -1.71. The Balaban J connectivity index is 1.58. The minimum atomic E-state index is -4.70. The third-order valence-electron chi connectivity index (χ3n) is 9.42. The van der Waals surface area contributed by atoms with Crippen molar-refractivity contribution in [2.45, 2.75) is 96.9 Å². The molecule has 0 bridgehead atoms. The highest BCUT2D eigenvalue weighted by Gasteiger charge is 2.94. The predicted octanol–water partition coefficient (Wildman–Crippen LogP) is 5.14. The van der Waals surface area contributed by atoms with E-state index in [-0.39, 0.29) is 29.8 Å². The van der Waals surface area contributed by atoms with Gasteiger partial charge in [-0.25, -0.2) is 18.5 Å². The van der Waals surface area contributed by atoms with Crippen LogP contribution in [0.4, 0.5) is 10.2 Å². The van der Waals surface area contributed by atoms with E-state index in [0.29, 0.717) is 5.52 Å². The first kappa shape index (κ1) is 39.1. The van der Waals surface area contributed by atoms with Crippen LogP contribution in [0.5, 0.6) is 5.75 Å². The molecule has 1 unspecified atom stereocenters. The number of fused-ring (bicyclic) bond motifs is 2. The van der Waals surface area contributed by atoms with Crippen LogP contribution in [0.25, 0.3) is 5.52 Å². The number of esters is 3. The van der Waals surface area contributed by atoms with Crippen molar-refractivity contribution in [1.29, 1.82) is 0 Å². The zero-order valence-corrected chi connectivity index (χ0v) is 31.2. The lowest BCUT2D eigenvalue weighted by Crippen LogP contribution is -2.45. The van der Waals surface area contributed by atoms with Crippen molar-refractivity contribution < 1.29 is 51.3 Å². The average Bonchev–Trinajstić information content (AvgIpc) is 3.35. The van der Waals surface area contributed by atoms with Crippen LogP contribution >= 0.6 is 7.75 Å². The molecule has 15 nitrogen and oxygen atoms in total. The van der Waals surface area contributed by atoms with Gasteiger partial charge in [-0.3, -0.25) is 18.9 Å². The standard InChI is InChI=1S/C35H47FN5O10P/c1-8-23(9-2)17-46-32(44)22(7)40-52(45,50-24-13-11-10-12-14-24)51-33-34(18-36)35(33,49-31(43)21(5)6)28(47-30(42)20(3)4)27(48-34)25-15-16-26-29(37)38-19-39-41(25)26/h10-16,19-23,27-28,33H,8-9,17-18H2,1-7H3,(H,40,45)(H2,37,38,39)/t22-,27-,28-,33?,34+,35+,52+/m0/s1. The van der Waals surface area contributed by atoms with Crippen LogP contribution < -0.4 is 15.3 Å². The fourth-order valence-electron chi connectivity index (χ4n) is 6.17. The van der Waals surface area contributed by atoms with Gasteiger partial charge >= 0.3 is 25.7 Å². The Hall–Kier alpha value is -4.11. The summed E-state index contributed by atoms with van der Waals surface area (Å²) in [6, 6.07) is 9.93. The number of halogens is 1. The van der Waals surface area contributed by atoms with Gasteiger partial charge in [-0.15, -0.1) is 0 Å². The zero-order valence-electron chi connectivity index (χ0n) is 30.3. The normalized spacial score (nSPS) is 25.5. The van der Waals surface area contributed by atoms with Crippen molar-refractivity contribution >= 4 is 37.0 Å². The number of ether oxygens (including phenoxy) is 4. The first-order valence-electron chi connectivity index (χ1n) is 17.4. The quantitative estimate of drug-likeness (QED) is 0.105. The summed E-state index contributed by atoms with van der Waals surface area (Å²) in [5, 5.41) is 6.88. The van der Waals surface area contributed by atoms with E-state index in [1.165, 1.54) is 29.9 Å². The summed E-state index contributed by atoms with van der Waals surface area (Å²) in [5.74, 6) is -3.29. The van der Waals surface area contributed by atoms with E-state index in [2.05, 4.69) is 15.2 Å². The number of aromatic nitrogens is 3. The van der Waals surface area contributed by atoms with Gasteiger partial charge in [0.1, 0.15) is 36.4 Å². The van der Waals surface area contributed by atoms with Crippen LogP contribution in [0.1, 0.15) is 73.1 Å². The van der Waals surface area contributed by atoms with E-state index >= 15 is 4.39 Å². The van der Waals surface area contributed by atoms with Crippen molar-refractivity contribution in [3.05, 3.63) is 54.5 Å². The Labute approximate surface area is 301 Å². The highest BCUT2D eigenvalue weighted by Crippen LogP contribution is 2.71. The number of nitrogen functional groups attached to an aromatic ring is 1. The molecule has 2 aromatic heterocycles. The van der Waals surface area contributed by atoms with Gasteiger partial charge in [-0.1, -0.05) is 72.6 Å². The molecule has 1 aliphatic carbocycles. The second-order valence-corrected chi connectivity index (χ2v) is 15.3. The van der Waals surface area contributed by atoms with E-state index in [1.54, 1.807) is 58.0 Å². The molecule has 5 rings (SSSR count). The topological polar surface area (TPSA) is 192 Å². The summed E-state index contributed by atoms with van der Waals surface area (Å²) in [4.78, 5) is 43.8. The Kier molecular flexibility index (Phi) is 11.6. The van der Waals surface area contributed by atoms with Gasteiger partial charge in [-0.2, -0.15) is 10.2 Å². The molecule has 0 amide bonds. The number of hydrogen-bond acceptors (Lipinski definition) is 13. The molecule has 1 saturated heterocycles. The molecule has 17 heteroatoms. The van der Waals surface area contributed by atoms with Gasteiger partial charge in [0.05, 0.1) is 24.1 Å². The summed E-state index contributed by atoms with van der Waals surface area (Å²) in [6.45, 7) is 10.5. The van der Waals surface area contributed by atoms with Crippen molar-refractivity contribution in [3.8, 4) is 5.75 Å². The monoisotopic (exact) mass is 747 g/mol. The molecule has 1 aliphatic heterocycles. The molecule has 3 aromatic rings. The number of para-hydroxylation sites is 1. The van der Waals surface area contributed by atoms with E-state index in [9.17, 15) is 18.9 Å². The molecule has 7 atom stereocenters. The molecule has 2 fully saturated rings. The molecule has 1 aromatic carbocycles. The number of nitrogens with two attached hydrogens (primary N) is 1. The van der Waals surface area contributed by atoms with E-state index in [4.69, 9.17) is 33.7 Å². The number of rotatable bonds is 17. The molecule has 3 heterocycles. The maximum Gasteiger partial charge on any atom is 0.459 e. The highest BCUT2D eigenvalue weighted by atomic mass is 31.2. The second kappa shape index (κ2) is 15.5. The molecule has 1 saturated carbocycles. The average molecular weight is 748 g/mol. The van der Waals surface area contributed by atoms with E-state index in [0.717, 1.165) is 12.8 Å². The number of carbonyl (C=O) groups is 3. The highest BCUT2D eigenvalue weighted by molar-refractivity contribution is 7.52. The number of carbonyl (C=O) groups excluding carboxylic acids is 3. The minimum absolute atomic E-state index is 0.0859. The van der Waals surface area contributed by atoms with Crippen molar-refractivity contribution in [2.75, 3.05) is 19.0 Å². The molecule has 0 radical (unpaired) electrons. The third kappa shape index (κ3) is 7.26. The summed E-state index contributed by atoms with van der Waals surface area (Å²) < 4.78 is 68.0. The van der Waals surface area contributed by atoms with Gasteiger partial charge < -0.3 is 29.2 Å². The SMILES string of the molecule is CCC(CC)COC(=O)[C@H](C)N[P@@](=O)(Oc1ccccc1)OC1[C@@]2(CF)O[C@@H](c3ccc4c(N)ncnn34)[C@H](OC(=O)C(C)C)[C@@]12OC(=O)C(C)C. The number of nitrogens with zero attached hydrogens (tertiary/aromatic N) is 3. The number of hydrogen-bond donors (Lipinski definition) is 2. The number of alkyl halides is 1. The summed E-state index contributed by atoms with van der Waals surface area (Å²) in [7, 11) is -4.70. The first-order chi connectivity index (χ1) is 24.7. The molecule has 3 N–H and O–H groups in total. The third-order valence-corrected chi connectivity index (χ3v) is 11.1. The smallest absolute Gasteiger partial charge is 0.459 e. The lowest BCUT2D eigenvalue weighted by molar-refractivity contribution is -0.181. The molecular formula is C35H47FN5O10P. The van der Waals surface area contributed by atoms with Crippen LogP contribution in [-0.2, 0) is 42.4 Å². The number of anilines is 1. The van der Waals surface area contributed by atoms with E-state index < -0.39 is 79.7 Å². The largest absolute Gasteiger partial charge is 0.464 e. The van der Waals surface area contributed by atoms with Crippen molar-refractivity contribution in [2.24, 2.45) is 17.8 Å². The number of benzene rings is 1. The fraction of sp³-hybridized carbons (Fsp3) is 0.571. The van der Waals surface area contributed by atoms with Crippen LogP contribution in [-0.4, -0.2) is 75.2 Å². The second-order valence-electron chi connectivity index (χ2n) is 13.7. The predicted molar refractivity (Wildman–Crippen MR) is 185 cm³/mol. The van der Waals surface area contributed by atoms with Gasteiger partial charge in [0.25, 0.3) is 0 Å². The van der Waals surface area contributed by atoms with Gasteiger partial charge in [0.15, 0.2) is 23.6 Å². The Morgan fingerprint density at radius 2 is 1.69 bits per heavy atom. The minimum Gasteiger partial charge on any atom is -0.464 e. The maximum atomic E-state index is 15.8. The van der Waals surface area contributed by atoms with Gasteiger partial charge in [0, 0.05) is 0 Å². The lowest BCUT2D eigenvalue weighted by Gasteiger charge is -2.31. The van der Waals surface area contributed by atoms with Gasteiger partial charge in [-0.05, 0) is 37.1 Å². The summed E-state index contributed by atoms with van der Waals surface area (Å²) in [5.41, 5.74) is 2.39. The van der Waals surface area contributed by atoms with Crippen LogP contribution in [0, 0.1) is 17.8 Å². The molecule has 2 aliphatic rings. The maximum absolute atomic E-state index is 15.8. The molecular weight excluding hydrogens is 700 g/mol. The zero-order chi connectivity index (χ0) is 38.0. The fourth-order valence-corrected chi connectivity index (χ4v) is 7.91. The lowest BCUT2D eigenvalue weighted by atomic mass is 10.0. The number of nitrogens with one attached hydrogen (secondary N) is 1. The van der Waals surface area contributed by atoms with E-state index in [1.807, 2.05) is 13.8 Å². The Morgan fingerprint density at radius 3 is 2.31 bits per heavy atom. The first-order valence-corrected chi connectivity index (χ1v) is 18.9. The summed E-state index contributed by atoms with van der Waals surface area (Å²) >= 11 is 0. The molecule has 284 valence electrons.